The van der Waals surface area contributed by atoms with Gasteiger partial charge in [-0.1, -0.05) is 0 Å². The molecule has 0 heterocycles. The van der Waals surface area contributed by atoms with Crippen molar-refractivity contribution in [3.63, 3.8) is 0 Å². The van der Waals surface area contributed by atoms with Crippen LogP contribution < -0.4 is 0 Å². The van der Waals surface area contributed by atoms with Crippen LogP contribution >= 0.6 is 0 Å². The topological polar surface area (TPSA) is 142 Å². The van der Waals surface area contributed by atoms with Crippen molar-refractivity contribution < 1.29 is 107 Å². The van der Waals surface area contributed by atoms with E-state index in [4.69, 9.17) is 0 Å². The average Bonchev–Trinajstić information content (AvgIpc) is 0. The fourth-order valence-electron chi connectivity index (χ4n) is 0. The summed E-state index contributed by atoms with van der Waals surface area (Å²) in [5, 5.41) is 0. The third kappa shape index (κ3) is 63.2. The molecule has 0 saturated carbocycles. The molecule has 50 valence electrons. The SMILES string of the molecule is [Ca+2].[Ca+2].[Gd+3].[Gd+3].[O-2].[O-2].[O-2].[O-2].[O-2]. The van der Waals surface area contributed by atoms with Crippen LogP contribution in [0.3, 0.4) is 0 Å². The van der Waals surface area contributed by atoms with E-state index in [1.807, 2.05) is 0 Å². The van der Waals surface area contributed by atoms with Crippen LogP contribution in [0, 0.1) is 79.9 Å². The summed E-state index contributed by atoms with van der Waals surface area (Å²) in [6.07, 6.45) is 0. The van der Waals surface area contributed by atoms with Gasteiger partial charge in [-0.05, 0) is 0 Å². The van der Waals surface area contributed by atoms with Crippen molar-refractivity contribution in [2.45, 2.75) is 0 Å². The molecular formula is Ca2Gd2O5. The maximum atomic E-state index is 0. The minimum atomic E-state index is 0. The van der Waals surface area contributed by atoms with Crippen LogP contribution in [0.25, 0.3) is 0 Å². The molecule has 0 aliphatic heterocycles. The summed E-state index contributed by atoms with van der Waals surface area (Å²) in [6.45, 7) is 0. The predicted molar refractivity (Wildman–Crippen MR) is 14.9 cm³/mol. The van der Waals surface area contributed by atoms with Gasteiger partial charge in [0.1, 0.15) is 0 Å². The third-order valence-electron chi connectivity index (χ3n) is 0. The molecule has 0 atom stereocenters. The van der Waals surface area contributed by atoms with E-state index in [0.29, 0.717) is 0 Å². The molecule has 0 amide bonds. The van der Waals surface area contributed by atoms with E-state index in [9.17, 15) is 0 Å². The molecule has 0 aromatic rings. The molecule has 0 N–H and O–H groups in total. The normalized spacial score (nSPS) is 0. The zero-order valence-electron chi connectivity index (χ0n) is 4.16. The van der Waals surface area contributed by atoms with Gasteiger partial charge in [0.25, 0.3) is 0 Å². The van der Waals surface area contributed by atoms with Gasteiger partial charge < -0.3 is 27.4 Å². The summed E-state index contributed by atoms with van der Waals surface area (Å²) >= 11 is 0. The van der Waals surface area contributed by atoms with Crippen LogP contribution in [0.2, 0.25) is 0 Å². The van der Waals surface area contributed by atoms with Crippen LogP contribution in [0.5, 0.6) is 0 Å². The van der Waals surface area contributed by atoms with E-state index in [1.165, 1.54) is 0 Å². The van der Waals surface area contributed by atoms with Gasteiger partial charge in [0.15, 0.2) is 0 Å². The maximum absolute atomic E-state index is 0. The van der Waals surface area contributed by atoms with Gasteiger partial charge in [-0.15, -0.1) is 0 Å². The Hall–Kier alpha value is 4.97. The number of hydrogen-bond donors (Lipinski definition) is 0. The molecule has 0 spiro atoms. The van der Waals surface area contributed by atoms with Crippen LogP contribution in [-0.4, -0.2) is 75.5 Å². The first-order valence-corrected chi connectivity index (χ1v) is 0. The minimum Gasteiger partial charge on any atom is -2.00 e. The van der Waals surface area contributed by atoms with Crippen molar-refractivity contribution in [2.75, 3.05) is 0 Å². The largest absolute Gasteiger partial charge is 3.00 e. The standard InChI is InChI=1S/2Ca.2Gd.5O/q2*+2;2*+3;5*-2. The zero-order chi connectivity index (χ0) is 0. The Bertz CT molecular complexity index is 12.9. The summed E-state index contributed by atoms with van der Waals surface area (Å²) in [4.78, 5) is 0. The van der Waals surface area contributed by atoms with Gasteiger partial charge in [-0.3, -0.25) is 0 Å². The summed E-state index contributed by atoms with van der Waals surface area (Å²) in [7, 11) is 0. The van der Waals surface area contributed by atoms with Crippen molar-refractivity contribution in [3.05, 3.63) is 0 Å². The smallest absolute Gasteiger partial charge is 2.00 e. The Morgan fingerprint density at radius 2 is 0.333 bits per heavy atom. The van der Waals surface area contributed by atoms with Gasteiger partial charge in [0.2, 0.25) is 0 Å². The second-order valence-electron chi connectivity index (χ2n) is 0. The van der Waals surface area contributed by atoms with Gasteiger partial charge in [0, 0.05) is 0 Å². The summed E-state index contributed by atoms with van der Waals surface area (Å²) < 4.78 is 0. The minimum absolute atomic E-state index is 0. The van der Waals surface area contributed by atoms with Crippen LogP contribution in [-0.2, 0) is 27.4 Å². The fourth-order valence-corrected chi connectivity index (χ4v) is 0. The second-order valence-corrected chi connectivity index (χ2v) is 0. The molecule has 0 saturated heterocycles. The number of rotatable bonds is 0. The zero-order valence-corrected chi connectivity index (χ0v) is 13.1. The Labute approximate surface area is 177 Å². The first-order valence-electron chi connectivity index (χ1n) is 0. The molecule has 9 heavy (non-hydrogen) atoms. The molecule has 0 aromatic carbocycles. The van der Waals surface area contributed by atoms with Crippen LogP contribution in [0.4, 0.5) is 0 Å². The molecular weight excluding hydrogens is 475 g/mol. The fraction of sp³-hybridized carbons (Fsp3) is 0. The van der Waals surface area contributed by atoms with E-state index in [2.05, 4.69) is 0 Å². The summed E-state index contributed by atoms with van der Waals surface area (Å²) in [6, 6.07) is 0. The van der Waals surface area contributed by atoms with Gasteiger partial charge >= 0.3 is 155 Å². The molecule has 0 unspecified atom stereocenters. The van der Waals surface area contributed by atoms with Crippen molar-refractivity contribution in [3.8, 4) is 0 Å². The van der Waals surface area contributed by atoms with Crippen molar-refractivity contribution in [1.29, 1.82) is 0 Å². The molecule has 2 radical (unpaired) electrons. The van der Waals surface area contributed by atoms with E-state index in [0.717, 1.165) is 0 Å². The number of hydrogen-bond acceptors (Lipinski definition) is 0. The first-order chi connectivity index (χ1) is 0. The summed E-state index contributed by atoms with van der Waals surface area (Å²) in [5.41, 5.74) is 0. The first kappa shape index (κ1) is 95.2. The van der Waals surface area contributed by atoms with Crippen molar-refractivity contribution in [2.24, 2.45) is 0 Å². The Balaban J connectivity index is 0. The van der Waals surface area contributed by atoms with E-state index in [1.54, 1.807) is 0 Å². The molecule has 0 aliphatic rings. The van der Waals surface area contributed by atoms with E-state index >= 15 is 0 Å². The molecule has 0 aromatic heterocycles. The molecule has 0 fully saturated rings. The van der Waals surface area contributed by atoms with E-state index in [-0.39, 0.29) is 183 Å². The Kier molecular flexibility index (Phi) is 796. The molecule has 0 bridgehead atoms. The molecule has 9 heteroatoms. The molecule has 0 rings (SSSR count). The second kappa shape index (κ2) is 75.2. The Morgan fingerprint density at radius 3 is 0.333 bits per heavy atom. The van der Waals surface area contributed by atoms with Gasteiger partial charge in [-0.25, -0.2) is 0 Å². The molecule has 0 aliphatic carbocycles. The summed E-state index contributed by atoms with van der Waals surface area (Å²) in [5.74, 6) is 0. The third-order valence-corrected chi connectivity index (χ3v) is 0. The molecule has 5 nitrogen and oxygen atoms in total. The predicted octanol–water partition coefficient (Wildman–Crippen LogP) is -1.36. The average molecular weight is 475 g/mol. The van der Waals surface area contributed by atoms with Gasteiger partial charge in [0.05, 0.1) is 0 Å². The van der Waals surface area contributed by atoms with Crippen LogP contribution in [0.1, 0.15) is 0 Å². The Morgan fingerprint density at radius 1 is 0.333 bits per heavy atom. The maximum Gasteiger partial charge on any atom is 3.00 e. The van der Waals surface area contributed by atoms with Crippen molar-refractivity contribution in [1.82, 2.24) is 0 Å². The van der Waals surface area contributed by atoms with E-state index < -0.39 is 0 Å². The van der Waals surface area contributed by atoms with Gasteiger partial charge in [-0.2, -0.15) is 0 Å². The quantitative estimate of drug-likeness (QED) is 0.383. The van der Waals surface area contributed by atoms with Crippen molar-refractivity contribution >= 4 is 75.5 Å². The monoisotopic (exact) mass is 476 g/mol. The van der Waals surface area contributed by atoms with Crippen LogP contribution in [0.15, 0.2) is 0 Å².